The predicted octanol–water partition coefficient (Wildman–Crippen LogP) is 2.53. The smallest absolute Gasteiger partial charge is 0.195 e. The Morgan fingerprint density at radius 3 is 2.76 bits per heavy atom. The van der Waals surface area contributed by atoms with Gasteiger partial charge in [0, 0.05) is 16.4 Å². The fraction of sp³-hybridized carbons (Fsp3) is 0.273. The van der Waals surface area contributed by atoms with Crippen LogP contribution in [-0.2, 0) is 13.7 Å². The molecule has 0 aliphatic rings. The summed E-state index contributed by atoms with van der Waals surface area (Å²) in [5.41, 5.74) is 0.880. The molecule has 1 aromatic carbocycles. The van der Waals surface area contributed by atoms with E-state index in [2.05, 4.69) is 26.1 Å². The van der Waals surface area contributed by atoms with E-state index in [0.717, 1.165) is 25.9 Å². The highest BCUT2D eigenvalue weighted by atomic mass is 79.9. The lowest BCUT2D eigenvalue weighted by atomic mass is 10.2. The lowest BCUT2D eigenvalue weighted by Gasteiger charge is -2.07. The maximum atomic E-state index is 9.32. The number of hydrogen-bond donors (Lipinski definition) is 1. The minimum atomic E-state index is 0.0125. The molecule has 0 bridgehead atoms. The highest BCUT2D eigenvalue weighted by Crippen LogP contribution is 2.31. The molecule has 1 aromatic heterocycles. The van der Waals surface area contributed by atoms with E-state index in [1.54, 1.807) is 0 Å². The van der Waals surface area contributed by atoms with Gasteiger partial charge in [-0.05, 0) is 42.4 Å². The number of hydrogen-bond acceptors (Lipinski definition) is 4. The molecule has 0 saturated carbocycles. The van der Waals surface area contributed by atoms with Crippen LogP contribution in [0.25, 0.3) is 0 Å². The van der Waals surface area contributed by atoms with Gasteiger partial charge in [0.2, 0.25) is 0 Å². The van der Waals surface area contributed by atoms with Crippen LogP contribution in [0.1, 0.15) is 11.4 Å². The zero-order valence-corrected chi connectivity index (χ0v) is 11.9. The first-order valence-electron chi connectivity index (χ1n) is 5.05. The molecule has 0 saturated heterocycles. The molecular weight excluding hydrogens is 302 g/mol. The van der Waals surface area contributed by atoms with Crippen LogP contribution in [0.4, 0.5) is 0 Å². The van der Waals surface area contributed by atoms with Crippen molar-refractivity contribution in [2.45, 2.75) is 23.6 Å². The van der Waals surface area contributed by atoms with Gasteiger partial charge in [0.25, 0.3) is 0 Å². The Balaban J connectivity index is 2.33. The maximum Gasteiger partial charge on any atom is 0.195 e. The van der Waals surface area contributed by atoms with Crippen LogP contribution in [0.2, 0.25) is 0 Å². The van der Waals surface area contributed by atoms with E-state index >= 15 is 0 Å². The molecule has 0 spiro atoms. The predicted molar refractivity (Wildman–Crippen MR) is 69.9 cm³/mol. The molecule has 6 heteroatoms. The molecule has 2 rings (SSSR count). The van der Waals surface area contributed by atoms with Gasteiger partial charge < -0.3 is 9.67 Å². The second-order valence-electron chi connectivity index (χ2n) is 3.60. The third-order valence-corrected chi connectivity index (χ3v) is 4.10. The molecule has 0 radical (unpaired) electrons. The normalized spacial score (nSPS) is 10.8. The third-order valence-electron chi connectivity index (χ3n) is 2.45. The number of aliphatic hydroxyl groups excluding tert-OH is 1. The summed E-state index contributed by atoms with van der Waals surface area (Å²) in [4.78, 5) is 0.992. The Morgan fingerprint density at radius 1 is 1.41 bits per heavy atom. The van der Waals surface area contributed by atoms with Crippen LogP contribution in [0.15, 0.2) is 32.7 Å². The first-order valence-corrected chi connectivity index (χ1v) is 6.66. The summed E-state index contributed by atoms with van der Waals surface area (Å²) in [5, 5.41) is 18.2. The van der Waals surface area contributed by atoms with Gasteiger partial charge in [0.05, 0.1) is 6.61 Å². The molecule has 90 valence electrons. The molecule has 4 nitrogen and oxygen atoms in total. The molecule has 1 N–H and O–H groups in total. The molecule has 0 fully saturated rings. The van der Waals surface area contributed by atoms with E-state index in [9.17, 15) is 5.11 Å². The van der Waals surface area contributed by atoms with Crippen molar-refractivity contribution in [1.29, 1.82) is 0 Å². The van der Waals surface area contributed by atoms with Crippen LogP contribution in [-0.4, -0.2) is 19.9 Å². The second kappa shape index (κ2) is 5.20. The molecule has 17 heavy (non-hydrogen) atoms. The number of benzene rings is 1. The van der Waals surface area contributed by atoms with Gasteiger partial charge in [-0.25, -0.2) is 0 Å². The van der Waals surface area contributed by atoms with Crippen LogP contribution >= 0.6 is 27.7 Å². The lowest BCUT2D eigenvalue weighted by molar-refractivity contribution is 0.279. The number of rotatable bonds is 3. The van der Waals surface area contributed by atoms with Crippen molar-refractivity contribution in [2.24, 2.45) is 7.05 Å². The molecule has 2 aromatic rings. The summed E-state index contributed by atoms with van der Waals surface area (Å²) in [6, 6.07) is 5.82. The molecule has 0 amide bonds. The van der Waals surface area contributed by atoms with Crippen molar-refractivity contribution < 1.29 is 5.11 Å². The van der Waals surface area contributed by atoms with Gasteiger partial charge in [-0.15, -0.1) is 10.2 Å². The maximum absolute atomic E-state index is 9.32. The number of halogens is 1. The Kier molecular flexibility index (Phi) is 3.86. The van der Waals surface area contributed by atoms with E-state index in [1.165, 1.54) is 11.8 Å². The van der Waals surface area contributed by atoms with E-state index in [0.29, 0.717) is 0 Å². The van der Waals surface area contributed by atoms with E-state index in [-0.39, 0.29) is 6.61 Å². The summed E-state index contributed by atoms with van der Waals surface area (Å²) < 4.78 is 2.88. The van der Waals surface area contributed by atoms with Gasteiger partial charge in [-0.3, -0.25) is 0 Å². The molecule has 1 heterocycles. The first kappa shape index (κ1) is 12.6. The van der Waals surface area contributed by atoms with Crippen molar-refractivity contribution in [3.8, 4) is 0 Å². The van der Waals surface area contributed by atoms with E-state index in [1.807, 2.05) is 36.7 Å². The van der Waals surface area contributed by atoms with Crippen molar-refractivity contribution in [3.63, 3.8) is 0 Å². The monoisotopic (exact) mass is 313 g/mol. The van der Waals surface area contributed by atoms with Gasteiger partial charge in [-0.2, -0.15) is 0 Å². The van der Waals surface area contributed by atoms with E-state index < -0.39 is 0 Å². The minimum Gasteiger partial charge on any atom is -0.392 e. The zero-order chi connectivity index (χ0) is 12.4. The van der Waals surface area contributed by atoms with E-state index in [4.69, 9.17) is 0 Å². The quantitative estimate of drug-likeness (QED) is 0.946. The van der Waals surface area contributed by atoms with Gasteiger partial charge >= 0.3 is 0 Å². The average Bonchev–Trinajstić information content (AvgIpc) is 2.63. The molecule has 0 aliphatic heterocycles. The Morgan fingerprint density at radius 2 is 2.18 bits per heavy atom. The second-order valence-corrected chi connectivity index (χ2v) is 5.53. The van der Waals surface area contributed by atoms with Crippen LogP contribution in [0.5, 0.6) is 0 Å². The first-order chi connectivity index (χ1) is 8.11. The Labute approximate surface area is 112 Å². The summed E-state index contributed by atoms with van der Waals surface area (Å²) in [5.74, 6) is 0.871. The number of aromatic nitrogens is 3. The fourth-order valence-electron chi connectivity index (χ4n) is 1.35. The van der Waals surface area contributed by atoms with Gasteiger partial charge in [0.15, 0.2) is 5.16 Å². The van der Waals surface area contributed by atoms with Crippen LogP contribution < -0.4 is 0 Å². The Bertz CT molecular complexity index is 542. The number of aliphatic hydroxyl groups is 1. The number of aryl methyl sites for hydroxylation is 1. The highest BCUT2D eigenvalue weighted by molar-refractivity contribution is 9.10. The molecular formula is C11H12BrN3OS. The Hall–Kier alpha value is -0.850. The standard InChI is InChI=1S/C11H12BrN3OS/c1-7-13-14-11(15(7)2)17-10-4-3-9(12)5-8(10)6-16/h3-5,16H,6H2,1-2H3. The minimum absolute atomic E-state index is 0.0125. The fourth-order valence-corrected chi connectivity index (χ4v) is 2.69. The molecule has 0 aliphatic carbocycles. The summed E-state index contributed by atoms with van der Waals surface area (Å²) >= 11 is 4.89. The topological polar surface area (TPSA) is 50.9 Å². The van der Waals surface area contributed by atoms with Gasteiger partial charge in [-0.1, -0.05) is 15.9 Å². The van der Waals surface area contributed by atoms with Crippen LogP contribution in [0, 0.1) is 6.92 Å². The SMILES string of the molecule is Cc1nnc(Sc2ccc(Br)cc2CO)n1C. The summed E-state index contributed by atoms with van der Waals surface area (Å²) in [7, 11) is 1.93. The van der Waals surface area contributed by atoms with Crippen LogP contribution in [0.3, 0.4) is 0 Å². The largest absolute Gasteiger partial charge is 0.392 e. The zero-order valence-electron chi connectivity index (χ0n) is 9.51. The van der Waals surface area contributed by atoms with Crippen molar-refractivity contribution in [2.75, 3.05) is 0 Å². The lowest BCUT2D eigenvalue weighted by Crippen LogP contribution is -1.94. The van der Waals surface area contributed by atoms with Gasteiger partial charge in [0.1, 0.15) is 5.82 Å². The van der Waals surface area contributed by atoms with Crippen molar-refractivity contribution in [1.82, 2.24) is 14.8 Å². The third kappa shape index (κ3) is 2.70. The summed E-state index contributed by atoms with van der Waals surface area (Å²) in [6.45, 7) is 1.92. The average molecular weight is 314 g/mol. The van der Waals surface area contributed by atoms with Crippen molar-refractivity contribution in [3.05, 3.63) is 34.1 Å². The van der Waals surface area contributed by atoms with Crippen molar-refractivity contribution >= 4 is 27.7 Å². The molecule has 0 atom stereocenters. The number of nitrogens with zero attached hydrogens (tertiary/aromatic N) is 3. The molecule has 0 unspecified atom stereocenters. The summed E-state index contributed by atoms with van der Waals surface area (Å²) in [6.07, 6.45) is 0. The highest BCUT2D eigenvalue weighted by Gasteiger charge is 2.10.